The van der Waals surface area contributed by atoms with E-state index >= 15 is 0 Å². The summed E-state index contributed by atoms with van der Waals surface area (Å²) in [5, 5.41) is 0. The van der Waals surface area contributed by atoms with Gasteiger partial charge in [0.25, 0.3) is 5.91 Å². The minimum absolute atomic E-state index is 0.0421. The van der Waals surface area contributed by atoms with Crippen molar-refractivity contribution in [2.75, 3.05) is 26.2 Å². The molecule has 1 fully saturated rings. The fourth-order valence-electron chi connectivity index (χ4n) is 2.35. The molecule has 21 heavy (non-hydrogen) atoms. The first-order chi connectivity index (χ1) is 10.1. The van der Waals surface area contributed by atoms with Crippen molar-refractivity contribution in [2.24, 2.45) is 0 Å². The largest absolute Gasteiger partial charge is 0.444 e. The lowest BCUT2D eigenvalue weighted by molar-refractivity contribution is 0.0597. The number of carbonyl (C=O) groups is 1. The Labute approximate surface area is 140 Å². The van der Waals surface area contributed by atoms with E-state index in [1.54, 1.807) is 23.5 Å². The molecule has 2 aromatic rings. The second-order valence-corrected chi connectivity index (χ2v) is 7.46. The van der Waals surface area contributed by atoms with Gasteiger partial charge in [-0.3, -0.25) is 9.69 Å². The highest BCUT2D eigenvalue weighted by Crippen LogP contribution is 2.23. The van der Waals surface area contributed by atoms with E-state index in [9.17, 15) is 4.79 Å². The molecule has 0 aromatic carbocycles. The van der Waals surface area contributed by atoms with E-state index in [0.29, 0.717) is 10.4 Å². The molecule has 1 aliphatic heterocycles. The number of thiophene rings is 1. The highest BCUT2D eigenvalue weighted by atomic mass is 79.9. The van der Waals surface area contributed by atoms with Crippen LogP contribution < -0.4 is 0 Å². The van der Waals surface area contributed by atoms with E-state index in [1.165, 1.54) is 4.88 Å². The summed E-state index contributed by atoms with van der Waals surface area (Å²) in [7, 11) is 0. The number of hydrogen-bond donors (Lipinski definition) is 0. The Morgan fingerprint density at radius 2 is 2.00 bits per heavy atom. The maximum Gasteiger partial charge on any atom is 0.289 e. The Kier molecular flexibility index (Phi) is 4.69. The summed E-state index contributed by atoms with van der Waals surface area (Å²) in [6, 6.07) is 7.43. The number of carbonyl (C=O) groups excluding carboxylic acids is 1. The lowest BCUT2D eigenvalue weighted by Gasteiger charge is -2.34. The second kappa shape index (κ2) is 6.52. The second-order valence-electron chi connectivity index (χ2n) is 4.88. The van der Waals surface area contributed by atoms with Crippen molar-refractivity contribution in [3.63, 3.8) is 0 Å². The van der Waals surface area contributed by atoms with E-state index in [2.05, 4.69) is 26.9 Å². The maximum absolute atomic E-state index is 12.3. The zero-order valence-corrected chi connectivity index (χ0v) is 14.4. The fourth-order valence-corrected chi connectivity index (χ4v) is 3.79. The van der Waals surface area contributed by atoms with Crippen LogP contribution in [0.15, 0.2) is 33.4 Å². The smallest absolute Gasteiger partial charge is 0.289 e. The van der Waals surface area contributed by atoms with Gasteiger partial charge in [-0.15, -0.1) is 11.3 Å². The Bertz CT molecular complexity index is 634. The molecule has 1 saturated heterocycles. The van der Waals surface area contributed by atoms with Gasteiger partial charge in [-0.1, -0.05) is 11.6 Å². The molecule has 7 heteroatoms. The van der Waals surface area contributed by atoms with Gasteiger partial charge in [0.2, 0.25) is 0 Å². The van der Waals surface area contributed by atoms with E-state index in [0.717, 1.165) is 37.1 Å². The number of amides is 1. The fraction of sp³-hybridized carbons (Fsp3) is 0.357. The topological polar surface area (TPSA) is 36.7 Å². The standard InChI is InChI=1S/C14H14BrClN2O2S/c15-12-3-2-11(20-12)14(19)18-7-5-17(6-8-18)9-10-1-4-13(16)21-10/h1-4H,5-9H2. The summed E-state index contributed by atoms with van der Waals surface area (Å²) >= 11 is 10.8. The first-order valence-corrected chi connectivity index (χ1v) is 8.62. The third-order valence-corrected chi connectivity index (χ3v) is 5.09. The lowest BCUT2D eigenvalue weighted by Crippen LogP contribution is -2.48. The van der Waals surface area contributed by atoms with E-state index in [-0.39, 0.29) is 5.91 Å². The molecular formula is C14H14BrClN2O2S. The van der Waals surface area contributed by atoms with Gasteiger partial charge in [-0.25, -0.2) is 0 Å². The molecule has 112 valence electrons. The van der Waals surface area contributed by atoms with Crippen molar-refractivity contribution < 1.29 is 9.21 Å². The number of nitrogens with zero attached hydrogens (tertiary/aromatic N) is 2. The van der Waals surface area contributed by atoms with Crippen LogP contribution in [0.5, 0.6) is 0 Å². The van der Waals surface area contributed by atoms with Gasteiger partial charge in [0.05, 0.1) is 4.34 Å². The quantitative estimate of drug-likeness (QED) is 0.803. The van der Waals surface area contributed by atoms with Crippen molar-refractivity contribution in [1.82, 2.24) is 9.80 Å². The number of furan rings is 1. The number of rotatable bonds is 3. The molecule has 1 amide bonds. The highest BCUT2D eigenvalue weighted by Gasteiger charge is 2.24. The summed E-state index contributed by atoms with van der Waals surface area (Å²) in [4.78, 5) is 17.7. The van der Waals surface area contributed by atoms with Crippen molar-refractivity contribution in [1.29, 1.82) is 0 Å². The van der Waals surface area contributed by atoms with Crippen LogP contribution in [0, 0.1) is 0 Å². The van der Waals surface area contributed by atoms with Gasteiger partial charge < -0.3 is 9.32 Å². The van der Waals surface area contributed by atoms with Gasteiger partial charge in [-0.05, 0) is 40.2 Å². The predicted octanol–water partition coefficient (Wildman–Crippen LogP) is 3.72. The third-order valence-electron chi connectivity index (χ3n) is 3.45. The SMILES string of the molecule is O=C(c1ccc(Br)o1)N1CCN(Cc2ccc(Cl)s2)CC1. The minimum Gasteiger partial charge on any atom is -0.444 e. The van der Waals surface area contributed by atoms with Crippen LogP contribution in [-0.2, 0) is 6.54 Å². The molecule has 0 spiro atoms. The third kappa shape index (κ3) is 3.69. The number of halogens is 2. The summed E-state index contributed by atoms with van der Waals surface area (Å²) in [5.41, 5.74) is 0. The Balaban J connectivity index is 1.54. The summed E-state index contributed by atoms with van der Waals surface area (Å²) < 4.78 is 6.73. The van der Waals surface area contributed by atoms with Crippen molar-refractivity contribution in [2.45, 2.75) is 6.54 Å². The van der Waals surface area contributed by atoms with Crippen LogP contribution in [0.4, 0.5) is 0 Å². The lowest BCUT2D eigenvalue weighted by atomic mass is 10.2. The van der Waals surface area contributed by atoms with Crippen LogP contribution in [0.1, 0.15) is 15.4 Å². The normalized spacial score (nSPS) is 16.4. The average molecular weight is 390 g/mol. The summed E-state index contributed by atoms with van der Waals surface area (Å²) in [6.07, 6.45) is 0. The molecular weight excluding hydrogens is 376 g/mol. The Hall–Kier alpha value is -0.820. The molecule has 0 aliphatic carbocycles. The molecule has 0 bridgehead atoms. The molecule has 0 radical (unpaired) electrons. The van der Waals surface area contributed by atoms with Gasteiger partial charge in [0.15, 0.2) is 10.4 Å². The molecule has 0 saturated carbocycles. The van der Waals surface area contributed by atoms with E-state index in [4.69, 9.17) is 16.0 Å². The van der Waals surface area contributed by atoms with Crippen LogP contribution in [0.3, 0.4) is 0 Å². The van der Waals surface area contributed by atoms with Gasteiger partial charge in [0.1, 0.15) is 0 Å². The molecule has 3 heterocycles. The molecule has 3 rings (SSSR count). The average Bonchev–Trinajstić information content (AvgIpc) is 3.08. The van der Waals surface area contributed by atoms with Gasteiger partial charge >= 0.3 is 0 Å². The summed E-state index contributed by atoms with van der Waals surface area (Å²) in [5.74, 6) is 0.347. The minimum atomic E-state index is -0.0421. The van der Waals surface area contributed by atoms with Crippen molar-refractivity contribution >= 4 is 44.8 Å². The number of piperazine rings is 1. The zero-order valence-electron chi connectivity index (χ0n) is 11.2. The number of hydrogen-bond acceptors (Lipinski definition) is 4. The molecule has 0 unspecified atom stereocenters. The summed E-state index contributed by atoms with van der Waals surface area (Å²) in [6.45, 7) is 4.06. The van der Waals surface area contributed by atoms with Crippen LogP contribution in [0.2, 0.25) is 4.34 Å². The van der Waals surface area contributed by atoms with Crippen LogP contribution >= 0.6 is 38.9 Å². The van der Waals surface area contributed by atoms with Crippen molar-refractivity contribution in [3.8, 4) is 0 Å². The highest BCUT2D eigenvalue weighted by molar-refractivity contribution is 9.10. The zero-order chi connectivity index (χ0) is 14.8. The molecule has 0 atom stereocenters. The maximum atomic E-state index is 12.3. The Morgan fingerprint density at radius 1 is 1.24 bits per heavy atom. The van der Waals surface area contributed by atoms with Crippen LogP contribution in [0.25, 0.3) is 0 Å². The van der Waals surface area contributed by atoms with Crippen molar-refractivity contribution in [3.05, 3.63) is 43.9 Å². The van der Waals surface area contributed by atoms with E-state index < -0.39 is 0 Å². The first kappa shape index (κ1) is 15.1. The van der Waals surface area contributed by atoms with Gasteiger partial charge in [0, 0.05) is 37.6 Å². The van der Waals surface area contributed by atoms with E-state index in [1.807, 2.05) is 11.0 Å². The van der Waals surface area contributed by atoms with Crippen LogP contribution in [-0.4, -0.2) is 41.9 Å². The molecule has 4 nitrogen and oxygen atoms in total. The predicted molar refractivity (Wildman–Crippen MR) is 86.9 cm³/mol. The van der Waals surface area contributed by atoms with Gasteiger partial charge in [-0.2, -0.15) is 0 Å². The molecule has 2 aromatic heterocycles. The first-order valence-electron chi connectivity index (χ1n) is 6.63. The molecule has 1 aliphatic rings. The Morgan fingerprint density at radius 3 is 2.57 bits per heavy atom. The monoisotopic (exact) mass is 388 g/mol. The molecule has 0 N–H and O–H groups in total.